The van der Waals surface area contributed by atoms with Gasteiger partial charge in [0.15, 0.2) is 12.1 Å². The first-order valence-electron chi connectivity index (χ1n) is 7.45. The van der Waals surface area contributed by atoms with Crippen molar-refractivity contribution in [3.63, 3.8) is 0 Å². The van der Waals surface area contributed by atoms with Crippen LogP contribution in [0.5, 0.6) is 0 Å². The van der Waals surface area contributed by atoms with Crippen LogP contribution < -0.4 is 5.32 Å². The molecule has 0 atom stereocenters. The molecule has 0 saturated carbocycles. The minimum Gasteiger partial charge on any atom is -0.448 e. The number of aryl methyl sites for hydroxylation is 1. The Balaban J connectivity index is 1.79. The largest absolute Gasteiger partial charge is 0.448 e. The van der Waals surface area contributed by atoms with Crippen LogP contribution in [0.25, 0.3) is 10.9 Å². The highest BCUT2D eigenvalue weighted by Crippen LogP contribution is 2.29. The molecule has 1 amide bonds. The van der Waals surface area contributed by atoms with Crippen molar-refractivity contribution in [3.8, 4) is 0 Å². The van der Waals surface area contributed by atoms with Gasteiger partial charge in [0.2, 0.25) is 0 Å². The van der Waals surface area contributed by atoms with E-state index in [9.17, 15) is 4.79 Å². The fourth-order valence-electron chi connectivity index (χ4n) is 2.55. The summed E-state index contributed by atoms with van der Waals surface area (Å²) in [6.07, 6.45) is 1.27. The van der Waals surface area contributed by atoms with Crippen molar-refractivity contribution in [2.45, 2.75) is 33.2 Å². The van der Waals surface area contributed by atoms with Crippen LogP contribution in [0.15, 0.2) is 29.0 Å². The molecule has 5 nitrogen and oxygen atoms in total. The van der Waals surface area contributed by atoms with Gasteiger partial charge in [0.1, 0.15) is 5.76 Å². The van der Waals surface area contributed by atoms with Gasteiger partial charge in [-0.05, 0) is 36.6 Å². The Hall–Kier alpha value is -2.27. The standard InChI is InChI=1S/C17H18ClN3O2/c1-9(2)13-6-15-11(5-14(13)18)4-12(21-15)7-19-17(22)16-10(3)23-8-20-16/h4-6,8-9,21H,7H2,1-3H3,(H,19,22). The second-order valence-corrected chi connectivity index (χ2v) is 6.26. The third-order valence-corrected chi connectivity index (χ3v) is 4.14. The van der Waals surface area contributed by atoms with Crippen LogP contribution >= 0.6 is 11.6 Å². The van der Waals surface area contributed by atoms with Crippen molar-refractivity contribution in [3.05, 3.63) is 52.3 Å². The second-order valence-electron chi connectivity index (χ2n) is 5.85. The molecule has 0 unspecified atom stereocenters. The predicted octanol–water partition coefficient (Wildman–Crippen LogP) is 4.17. The average molecular weight is 332 g/mol. The highest BCUT2D eigenvalue weighted by molar-refractivity contribution is 6.32. The summed E-state index contributed by atoms with van der Waals surface area (Å²) in [5, 5.41) is 4.62. The average Bonchev–Trinajstić information content (AvgIpc) is 3.09. The number of hydrogen-bond acceptors (Lipinski definition) is 3. The molecular formula is C17H18ClN3O2. The summed E-state index contributed by atoms with van der Waals surface area (Å²) in [4.78, 5) is 19.3. The number of hydrogen-bond donors (Lipinski definition) is 2. The number of nitrogens with one attached hydrogen (secondary N) is 2. The minimum absolute atomic E-state index is 0.254. The second kappa shape index (κ2) is 6.08. The Morgan fingerprint density at radius 2 is 2.17 bits per heavy atom. The number of carbonyl (C=O) groups excluding carboxylic acids is 1. The Kier molecular flexibility index (Phi) is 4.13. The van der Waals surface area contributed by atoms with E-state index in [4.69, 9.17) is 16.0 Å². The monoisotopic (exact) mass is 331 g/mol. The minimum atomic E-state index is -0.254. The van der Waals surface area contributed by atoms with E-state index in [1.54, 1.807) is 6.92 Å². The maximum Gasteiger partial charge on any atom is 0.273 e. The van der Waals surface area contributed by atoms with E-state index in [2.05, 4.69) is 35.2 Å². The van der Waals surface area contributed by atoms with Crippen LogP contribution in [0, 0.1) is 6.92 Å². The van der Waals surface area contributed by atoms with Gasteiger partial charge >= 0.3 is 0 Å². The summed E-state index contributed by atoms with van der Waals surface area (Å²) in [5.74, 6) is 0.608. The topological polar surface area (TPSA) is 70.9 Å². The summed E-state index contributed by atoms with van der Waals surface area (Å²) >= 11 is 6.32. The lowest BCUT2D eigenvalue weighted by Crippen LogP contribution is -2.23. The number of carbonyl (C=O) groups is 1. The quantitative estimate of drug-likeness (QED) is 0.753. The fraction of sp³-hybridized carbons (Fsp3) is 0.294. The van der Waals surface area contributed by atoms with Gasteiger partial charge in [-0.15, -0.1) is 0 Å². The molecule has 0 aliphatic rings. The summed E-state index contributed by atoms with van der Waals surface area (Å²) in [5.41, 5.74) is 3.34. The molecule has 0 saturated heterocycles. The molecule has 0 aliphatic heterocycles. The highest BCUT2D eigenvalue weighted by atomic mass is 35.5. The molecule has 0 aliphatic carbocycles. The zero-order chi connectivity index (χ0) is 16.6. The van der Waals surface area contributed by atoms with Crippen molar-refractivity contribution in [2.75, 3.05) is 0 Å². The van der Waals surface area contributed by atoms with Crippen LogP contribution in [0.4, 0.5) is 0 Å². The van der Waals surface area contributed by atoms with Crippen molar-refractivity contribution < 1.29 is 9.21 Å². The van der Waals surface area contributed by atoms with Gasteiger partial charge in [0.05, 0.1) is 6.54 Å². The Bertz CT molecular complexity index is 864. The lowest BCUT2D eigenvalue weighted by Gasteiger charge is -2.07. The Morgan fingerprint density at radius 3 is 2.83 bits per heavy atom. The third-order valence-electron chi connectivity index (χ3n) is 3.82. The lowest BCUT2D eigenvalue weighted by atomic mass is 10.0. The van der Waals surface area contributed by atoms with Crippen molar-refractivity contribution >= 4 is 28.4 Å². The molecule has 0 radical (unpaired) electrons. The van der Waals surface area contributed by atoms with E-state index in [-0.39, 0.29) is 5.91 Å². The van der Waals surface area contributed by atoms with Crippen LogP contribution in [0.3, 0.4) is 0 Å². The first-order chi connectivity index (χ1) is 11.0. The first-order valence-corrected chi connectivity index (χ1v) is 7.83. The molecule has 2 aromatic heterocycles. The summed E-state index contributed by atoms with van der Waals surface area (Å²) in [6, 6.07) is 6.01. The molecule has 0 spiro atoms. The van der Waals surface area contributed by atoms with E-state index < -0.39 is 0 Å². The number of oxazole rings is 1. The Morgan fingerprint density at radius 1 is 1.39 bits per heavy atom. The van der Waals surface area contributed by atoms with Crippen LogP contribution in [-0.2, 0) is 6.54 Å². The fourth-order valence-corrected chi connectivity index (χ4v) is 2.94. The van der Waals surface area contributed by atoms with Gasteiger partial charge in [-0.3, -0.25) is 4.79 Å². The molecular weight excluding hydrogens is 314 g/mol. The molecule has 6 heteroatoms. The number of nitrogens with zero attached hydrogens (tertiary/aromatic N) is 1. The van der Waals surface area contributed by atoms with E-state index >= 15 is 0 Å². The number of H-pyrrole nitrogens is 1. The van der Waals surface area contributed by atoms with Crippen molar-refractivity contribution in [1.29, 1.82) is 0 Å². The van der Waals surface area contributed by atoms with Gasteiger partial charge in [0.25, 0.3) is 5.91 Å². The van der Waals surface area contributed by atoms with E-state index in [0.29, 0.717) is 23.9 Å². The molecule has 3 rings (SSSR count). The number of aromatic amines is 1. The van der Waals surface area contributed by atoms with E-state index in [1.165, 1.54) is 6.39 Å². The third kappa shape index (κ3) is 3.10. The smallest absolute Gasteiger partial charge is 0.273 e. The summed E-state index contributed by atoms with van der Waals surface area (Å²) < 4.78 is 5.04. The van der Waals surface area contributed by atoms with Gasteiger partial charge in [0, 0.05) is 21.6 Å². The molecule has 0 fully saturated rings. The number of fused-ring (bicyclic) bond motifs is 1. The number of rotatable bonds is 4. The summed E-state index contributed by atoms with van der Waals surface area (Å²) in [6.45, 7) is 6.31. The molecule has 0 bridgehead atoms. The molecule has 120 valence electrons. The maximum atomic E-state index is 12.0. The zero-order valence-corrected chi connectivity index (χ0v) is 14.0. The number of amides is 1. The van der Waals surface area contributed by atoms with Crippen molar-refractivity contribution in [1.82, 2.24) is 15.3 Å². The normalized spacial score (nSPS) is 11.3. The molecule has 3 aromatic rings. The Labute approximate surface area is 139 Å². The number of aromatic nitrogens is 2. The van der Waals surface area contributed by atoms with Gasteiger partial charge in [-0.2, -0.15) is 0 Å². The molecule has 23 heavy (non-hydrogen) atoms. The number of halogens is 1. The van der Waals surface area contributed by atoms with Crippen LogP contribution in [0.2, 0.25) is 5.02 Å². The molecule has 2 heterocycles. The van der Waals surface area contributed by atoms with Gasteiger partial charge in [-0.25, -0.2) is 4.98 Å². The van der Waals surface area contributed by atoms with Gasteiger partial charge < -0.3 is 14.7 Å². The van der Waals surface area contributed by atoms with Gasteiger partial charge in [-0.1, -0.05) is 25.4 Å². The first kappa shape index (κ1) is 15.6. The molecule has 1 aromatic carbocycles. The molecule has 2 N–H and O–H groups in total. The maximum absolute atomic E-state index is 12.0. The van der Waals surface area contributed by atoms with E-state index in [0.717, 1.165) is 27.2 Å². The van der Waals surface area contributed by atoms with E-state index in [1.807, 2.05) is 12.1 Å². The summed E-state index contributed by atoms with van der Waals surface area (Å²) in [7, 11) is 0. The van der Waals surface area contributed by atoms with Crippen molar-refractivity contribution in [2.24, 2.45) is 0 Å². The zero-order valence-electron chi connectivity index (χ0n) is 13.2. The highest BCUT2D eigenvalue weighted by Gasteiger charge is 2.14. The number of benzene rings is 1. The SMILES string of the molecule is Cc1ocnc1C(=O)NCc1cc2cc(Cl)c(C(C)C)cc2[nH]1. The lowest BCUT2D eigenvalue weighted by molar-refractivity contribution is 0.0944. The van der Waals surface area contributed by atoms with Crippen LogP contribution in [-0.4, -0.2) is 15.9 Å². The van der Waals surface area contributed by atoms with Crippen LogP contribution in [0.1, 0.15) is 47.3 Å². The predicted molar refractivity (Wildman–Crippen MR) is 89.8 cm³/mol.